The zero-order valence-corrected chi connectivity index (χ0v) is 41.7. The van der Waals surface area contributed by atoms with Crippen molar-refractivity contribution < 1.29 is 0 Å². The Morgan fingerprint density at radius 1 is 0.525 bits per heavy atom. The summed E-state index contributed by atoms with van der Waals surface area (Å²) in [5.41, 5.74) is 7.09. The van der Waals surface area contributed by atoms with Crippen molar-refractivity contribution in [1.82, 2.24) is 24.5 Å². The lowest BCUT2D eigenvalue weighted by atomic mass is 10.0. The fraction of sp³-hybridized carbons (Fsp3) is 0.423. The first kappa shape index (κ1) is 45.2. The van der Waals surface area contributed by atoms with Crippen molar-refractivity contribution in [3.05, 3.63) is 156 Å². The SMILES string of the molecule is CCCCN(P(c1ccccc1)c1cccc(CCc2ccc(P3[C@@H](C)N(C)N(C)[C@@H]3C)c(P3[C@@H](C)N(C)N(C)[C@@H]3C)c2)c1)P1[C@H](c2ccccc2)CC[C@H]1c1ccccc1. The van der Waals surface area contributed by atoms with Crippen molar-refractivity contribution in [3.63, 3.8) is 0 Å². The molecule has 5 aromatic carbocycles. The number of rotatable bonds is 14. The van der Waals surface area contributed by atoms with Gasteiger partial charge in [0.15, 0.2) is 0 Å². The number of hydrogen-bond acceptors (Lipinski definition) is 5. The molecule has 3 heterocycles. The quantitative estimate of drug-likeness (QED) is 0.103. The molecule has 7 atom stereocenters. The van der Waals surface area contributed by atoms with Gasteiger partial charge in [0, 0.05) is 77.3 Å². The summed E-state index contributed by atoms with van der Waals surface area (Å²) in [4.78, 5) is 0. The van der Waals surface area contributed by atoms with E-state index in [9.17, 15) is 0 Å². The van der Waals surface area contributed by atoms with Gasteiger partial charge >= 0.3 is 0 Å². The summed E-state index contributed by atoms with van der Waals surface area (Å²) in [7, 11) is 7.10. The fourth-order valence-electron chi connectivity index (χ4n) is 10.2. The second-order valence-electron chi connectivity index (χ2n) is 17.5. The third-order valence-electron chi connectivity index (χ3n) is 14.2. The van der Waals surface area contributed by atoms with E-state index >= 15 is 0 Å². The Balaban J connectivity index is 1.15. The Labute approximate surface area is 374 Å². The molecule has 3 aliphatic heterocycles. The van der Waals surface area contributed by atoms with Gasteiger partial charge in [0.05, 0.1) is 0 Å². The van der Waals surface area contributed by atoms with E-state index in [1.54, 1.807) is 10.6 Å². The van der Waals surface area contributed by atoms with Crippen LogP contribution in [0.15, 0.2) is 133 Å². The third kappa shape index (κ3) is 9.28. The first-order chi connectivity index (χ1) is 29.6. The predicted molar refractivity (Wildman–Crippen MR) is 271 cm³/mol. The summed E-state index contributed by atoms with van der Waals surface area (Å²) in [6.07, 6.45) is 7.00. The fourth-order valence-corrected chi connectivity index (χ4v) is 24.6. The van der Waals surface area contributed by atoms with Gasteiger partial charge < -0.3 is 0 Å². The van der Waals surface area contributed by atoms with Crippen molar-refractivity contribution in [2.75, 3.05) is 34.7 Å². The highest BCUT2D eigenvalue weighted by atomic mass is 31.2. The Kier molecular flexibility index (Phi) is 15.0. The number of aryl methyl sites for hydroxylation is 2. The lowest BCUT2D eigenvalue weighted by Gasteiger charge is -2.42. The van der Waals surface area contributed by atoms with Crippen LogP contribution in [0.4, 0.5) is 0 Å². The smallest absolute Gasteiger partial charge is 0.0468 e. The average molecular weight is 888 g/mol. The highest BCUT2D eigenvalue weighted by Gasteiger charge is 2.46. The largest absolute Gasteiger partial charge is 0.251 e. The molecule has 3 fully saturated rings. The summed E-state index contributed by atoms with van der Waals surface area (Å²) in [5.74, 6) is 2.07. The number of nitrogens with zero attached hydrogens (tertiary/aromatic N) is 5. The molecule has 8 rings (SSSR count). The highest BCUT2D eigenvalue weighted by molar-refractivity contribution is 7.79. The minimum absolute atomic E-state index is 0.366. The second-order valence-corrected chi connectivity index (χ2v) is 28.1. The van der Waals surface area contributed by atoms with Crippen LogP contribution in [0.5, 0.6) is 0 Å². The van der Waals surface area contributed by atoms with E-state index in [-0.39, 0.29) is 7.92 Å². The number of benzene rings is 5. The standard InChI is InChI=1S/C52H69N5P4/c1-10-11-36-57(61-49(45-23-15-12-16-24-45)34-35-50(61)46-25-17-13-18-26-46)60(47-27-19-14-20-28-47)48-29-21-22-43(37-48)30-31-44-32-33-51(58-39(2)53(6)54(7)40(58)3)52(38-44)59-41(4)55(8)56(9)42(59)5/h12-29,32-33,37-42,49-50H,10-11,30-31,34-36H2,1-9H3/t39-,40-,41-,42-,49-,50-,60?/m0/s1. The molecule has 322 valence electrons. The van der Waals surface area contributed by atoms with Crippen molar-refractivity contribution >= 4 is 53.2 Å². The zero-order valence-electron chi connectivity index (χ0n) is 38.1. The topological polar surface area (TPSA) is 16.2 Å². The summed E-state index contributed by atoms with van der Waals surface area (Å²) in [5, 5.41) is 16.2. The number of hydrogen-bond donors (Lipinski definition) is 0. The number of unbranched alkanes of at least 4 members (excludes halogenated alkanes) is 1. The van der Waals surface area contributed by atoms with Crippen LogP contribution >= 0.6 is 32.0 Å². The van der Waals surface area contributed by atoms with Gasteiger partial charge in [0.1, 0.15) is 0 Å². The lowest BCUT2D eigenvalue weighted by Crippen LogP contribution is -2.35. The molecule has 0 saturated carbocycles. The molecule has 1 unspecified atom stereocenters. The average Bonchev–Trinajstić information content (AvgIpc) is 3.88. The minimum Gasteiger partial charge on any atom is -0.251 e. The van der Waals surface area contributed by atoms with Crippen molar-refractivity contribution in [3.8, 4) is 0 Å². The van der Waals surface area contributed by atoms with Crippen LogP contribution in [-0.4, -0.2) is 82.3 Å². The maximum absolute atomic E-state index is 3.08. The molecule has 0 N–H and O–H groups in total. The molecule has 9 heteroatoms. The maximum Gasteiger partial charge on any atom is 0.0468 e. The molecule has 0 aromatic heterocycles. The molecule has 0 aliphatic carbocycles. The summed E-state index contributed by atoms with van der Waals surface area (Å²) >= 11 is 0. The summed E-state index contributed by atoms with van der Waals surface area (Å²) < 4.78 is 3.08. The Morgan fingerprint density at radius 2 is 0.984 bits per heavy atom. The molecular weight excluding hydrogens is 819 g/mol. The van der Waals surface area contributed by atoms with E-state index in [1.165, 1.54) is 58.5 Å². The van der Waals surface area contributed by atoms with Crippen LogP contribution in [0.2, 0.25) is 0 Å². The van der Waals surface area contributed by atoms with Gasteiger partial charge in [-0.05, 0) is 133 Å². The first-order valence-corrected chi connectivity index (χ1v) is 28.5. The van der Waals surface area contributed by atoms with Crippen molar-refractivity contribution in [2.45, 2.75) is 108 Å². The molecule has 0 spiro atoms. The minimum atomic E-state index is -0.758. The Bertz CT molecular complexity index is 2100. The first-order valence-electron chi connectivity index (χ1n) is 22.8. The number of hydrazine groups is 2. The van der Waals surface area contributed by atoms with E-state index in [1.807, 2.05) is 0 Å². The van der Waals surface area contributed by atoms with Crippen LogP contribution in [-0.2, 0) is 12.8 Å². The maximum atomic E-state index is 3.08. The zero-order chi connectivity index (χ0) is 42.8. The molecule has 5 aromatic rings. The molecule has 3 aliphatic rings. The van der Waals surface area contributed by atoms with Gasteiger partial charge in [-0.3, -0.25) is 4.44 Å². The van der Waals surface area contributed by atoms with Gasteiger partial charge in [-0.25, -0.2) is 20.0 Å². The molecule has 0 bridgehead atoms. The van der Waals surface area contributed by atoms with E-state index in [0.717, 1.165) is 19.4 Å². The summed E-state index contributed by atoms with van der Waals surface area (Å²) in [6.45, 7) is 13.3. The lowest BCUT2D eigenvalue weighted by molar-refractivity contribution is 0.0357. The molecule has 5 nitrogen and oxygen atoms in total. The van der Waals surface area contributed by atoms with Crippen molar-refractivity contribution in [2.24, 2.45) is 0 Å². The van der Waals surface area contributed by atoms with E-state index in [0.29, 0.717) is 34.4 Å². The van der Waals surface area contributed by atoms with Gasteiger partial charge in [-0.15, -0.1) is 0 Å². The van der Waals surface area contributed by atoms with Crippen LogP contribution < -0.4 is 21.2 Å². The second kappa shape index (κ2) is 20.2. The Hall–Kier alpha value is -2.38. The van der Waals surface area contributed by atoms with Crippen LogP contribution in [0, 0.1) is 0 Å². The van der Waals surface area contributed by atoms with E-state index in [2.05, 4.69) is 221 Å². The van der Waals surface area contributed by atoms with Gasteiger partial charge in [0.25, 0.3) is 0 Å². The normalized spacial score (nSPS) is 25.6. The van der Waals surface area contributed by atoms with Gasteiger partial charge in [-0.2, -0.15) is 0 Å². The molecular formula is C52H69N5P4. The van der Waals surface area contributed by atoms with E-state index < -0.39 is 24.1 Å². The highest BCUT2D eigenvalue weighted by Crippen LogP contribution is 2.76. The Morgan fingerprint density at radius 3 is 1.49 bits per heavy atom. The van der Waals surface area contributed by atoms with E-state index in [4.69, 9.17) is 0 Å². The van der Waals surface area contributed by atoms with Gasteiger partial charge in [0.2, 0.25) is 0 Å². The van der Waals surface area contributed by atoms with Crippen LogP contribution in [0.3, 0.4) is 0 Å². The molecule has 3 saturated heterocycles. The summed E-state index contributed by atoms with van der Waals surface area (Å²) in [6, 6.07) is 52.2. The van der Waals surface area contributed by atoms with Crippen LogP contribution in [0.1, 0.15) is 93.9 Å². The monoisotopic (exact) mass is 887 g/mol. The van der Waals surface area contributed by atoms with Crippen LogP contribution in [0.25, 0.3) is 0 Å². The van der Waals surface area contributed by atoms with Gasteiger partial charge in [-0.1, -0.05) is 141 Å². The van der Waals surface area contributed by atoms with Crippen molar-refractivity contribution in [1.29, 1.82) is 0 Å². The molecule has 0 amide bonds. The molecule has 0 radical (unpaired) electrons. The third-order valence-corrected chi connectivity index (χ3v) is 27.3. The molecule has 61 heavy (non-hydrogen) atoms. The predicted octanol–water partition coefficient (Wildman–Crippen LogP) is 11.8.